The highest BCUT2D eigenvalue weighted by Crippen LogP contribution is 1.67. The Balaban J connectivity index is 0. The first-order valence-corrected chi connectivity index (χ1v) is 3.11. The molecule has 0 saturated heterocycles. The Labute approximate surface area is 59.3 Å². The van der Waals surface area contributed by atoms with E-state index in [4.69, 9.17) is 21.8 Å². The Hall–Kier alpha value is -0.280. The van der Waals surface area contributed by atoms with Gasteiger partial charge in [0, 0.05) is 12.3 Å². The van der Waals surface area contributed by atoms with Gasteiger partial charge in [0.15, 0.2) is 0 Å². The van der Waals surface area contributed by atoms with Crippen LogP contribution in [0.25, 0.3) is 0 Å². The number of rotatable bonds is 2. The summed E-state index contributed by atoms with van der Waals surface area (Å²) in [6.45, 7) is 1.68. The number of halogens is 1. The van der Waals surface area contributed by atoms with Gasteiger partial charge >= 0.3 is 5.97 Å². The molecular formula is C5H11ClO3. The Morgan fingerprint density at radius 1 is 1.67 bits per heavy atom. The first-order chi connectivity index (χ1) is 4.18. The summed E-state index contributed by atoms with van der Waals surface area (Å²) < 4.78 is 0. The summed E-state index contributed by atoms with van der Waals surface area (Å²) in [4.78, 5) is 9.37. The van der Waals surface area contributed by atoms with E-state index in [1.807, 2.05) is 0 Å². The van der Waals surface area contributed by atoms with E-state index in [9.17, 15) is 4.79 Å². The normalized spacial score (nSPS) is 7.44. The number of aliphatic carboxylic acids is 1. The third-order valence-electron chi connectivity index (χ3n) is 0.387. The second kappa shape index (κ2) is 10.7. The first-order valence-electron chi connectivity index (χ1n) is 2.57. The minimum atomic E-state index is -0.745. The van der Waals surface area contributed by atoms with Crippen molar-refractivity contribution >= 4 is 17.6 Å². The zero-order chi connectivity index (χ0) is 7.70. The molecule has 0 aromatic rings. The number of carboxylic acid groups (broad SMARTS) is 1. The van der Waals surface area contributed by atoms with Crippen LogP contribution in [-0.2, 0) is 4.79 Å². The summed E-state index contributed by atoms with van der Waals surface area (Å²) in [6.07, 6.45) is 0.222. The van der Waals surface area contributed by atoms with Crippen LogP contribution in [0.15, 0.2) is 0 Å². The van der Waals surface area contributed by atoms with Gasteiger partial charge in [-0.25, -0.2) is 0 Å². The van der Waals surface area contributed by atoms with Crippen molar-refractivity contribution in [2.45, 2.75) is 13.3 Å². The number of hydrogen-bond donors (Lipinski definition) is 2. The van der Waals surface area contributed by atoms with E-state index in [0.29, 0.717) is 5.88 Å². The Morgan fingerprint density at radius 2 is 1.89 bits per heavy atom. The first kappa shape index (κ1) is 11.5. The molecule has 0 radical (unpaired) electrons. The van der Waals surface area contributed by atoms with Crippen LogP contribution >= 0.6 is 11.6 Å². The average molecular weight is 155 g/mol. The third kappa shape index (κ3) is 34.1. The van der Waals surface area contributed by atoms with E-state index in [0.717, 1.165) is 0 Å². The van der Waals surface area contributed by atoms with E-state index in [-0.39, 0.29) is 13.0 Å². The molecular weight excluding hydrogens is 144 g/mol. The molecule has 0 unspecified atom stereocenters. The molecule has 0 amide bonds. The summed E-state index contributed by atoms with van der Waals surface area (Å²) in [5.41, 5.74) is 0. The minimum absolute atomic E-state index is 0.0849. The zero-order valence-corrected chi connectivity index (χ0v) is 6.06. The molecule has 0 fully saturated rings. The van der Waals surface area contributed by atoms with Crippen molar-refractivity contribution in [2.24, 2.45) is 0 Å². The van der Waals surface area contributed by atoms with Gasteiger partial charge in [-0.1, -0.05) is 6.92 Å². The van der Waals surface area contributed by atoms with Crippen LogP contribution < -0.4 is 0 Å². The predicted molar refractivity (Wildman–Crippen MR) is 35.7 cm³/mol. The van der Waals surface area contributed by atoms with E-state index >= 15 is 0 Å². The van der Waals surface area contributed by atoms with E-state index in [1.54, 1.807) is 6.92 Å². The largest absolute Gasteiger partial charge is 0.481 e. The lowest BCUT2D eigenvalue weighted by Gasteiger charge is -1.71. The maximum atomic E-state index is 9.37. The molecule has 0 spiro atoms. The number of carbonyl (C=O) groups is 1. The van der Waals surface area contributed by atoms with Crippen LogP contribution in [0.5, 0.6) is 0 Å². The lowest BCUT2D eigenvalue weighted by Crippen LogP contribution is -1.86. The fraction of sp³-hybridized carbons (Fsp3) is 0.800. The fourth-order valence-corrected chi connectivity index (χ4v) is 0. The summed E-state index contributed by atoms with van der Waals surface area (Å²) in [6, 6.07) is 0. The van der Waals surface area contributed by atoms with Gasteiger partial charge in [0.1, 0.15) is 0 Å². The quantitative estimate of drug-likeness (QED) is 0.576. The molecule has 0 aromatic heterocycles. The predicted octanol–water partition coefficient (Wildman–Crippen LogP) is 0.698. The van der Waals surface area contributed by atoms with Gasteiger partial charge in [-0.05, 0) is 0 Å². The summed E-state index contributed by atoms with van der Waals surface area (Å²) >= 11 is 4.94. The molecule has 0 saturated carbocycles. The van der Waals surface area contributed by atoms with Crippen LogP contribution in [0.1, 0.15) is 13.3 Å². The van der Waals surface area contributed by atoms with E-state index in [2.05, 4.69) is 0 Å². The molecule has 0 heterocycles. The van der Waals surface area contributed by atoms with Crippen molar-refractivity contribution < 1.29 is 15.0 Å². The minimum Gasteiger partial charge on any atom is -0.481 e. The molecule has 4 heteroatoms. The van der Waals surface area contributed by atoms with Crippen LogP contribution in [0, 0.1) is 0 Å². The van der Waals surface area contributed by atoms with Crippen LogP contribution in [-0.4, -0.2) is 28.7 Å². The Bertz CT molecular complexity index is 63.2. The molecule has 56 valence electrons. The van der Waals surface area contributed by atoms with Gasteiger partial charge in [-0.3, -0.25) is 4.79 Å². The monoisotopic (exact) mass is 154 g/mol. The smallest absolute Gasteiger partial charge is 0.303 e. The maximum Gasteiger partial charge on any atom is 0.303 e. The number of carboxylic acids is 1. The van der Waals surface area contributed by atoms with Gasteiger partial charge in [0.05, 0.1) is 6.61 Å². The molecule has 0 rings (SSSR count). The second-order valence-electron chi connectivity index (χ2n) is 1.16. The molecule has 0 atom stereocenters. The van der Waals surface area contributed by atoms with Crippen LogP contribution in [0.2, 0.25) is 0 Å². The highest BCUT2D eigenvalue weighted by molar-refractivity contribution is 6.17. The number of alkyl halides is 1. The van der Waals surface area contributed by atoms with Crippen LogP contribution in [0.4, 0.5) is 0 Å². The lowest BCUT2D eigenvalue weighted by molar-refractivity contribution is -0.136. The highest BCUT2D eigenvalue weighted by atomic mass is 35.5. The van der Waals surface area contributed by atoms with Crippen molar-refractivity contribution in [3.05, 3.63) is 0 Å². The Kier molecular flexibility index (Phi) is 13.6. The molecule has 0 bridgehead atoms. The van der Waals surface area contributed by atoms with Crippen molar-refractivity contribution in [2.75, 3.05) is 12.5 Å². The molecule has 9 heavy (non-hydrogen) atoms. The van der Waals surface area contributed by atoms with Crippen LogP contribution in [0.3, 0.4) is 0 Å². The number of aliphatic hydroxyl groups is 1. The molecule has 0 aliphatic heterocycles. The highest BCUT2D eigenvalue weighted by Gasteiger charge is 1.80. The van der Waals surface area contributed by atoms with Crippen molar-refractivity contribution in [1.82, 2.24) is 0 Å². The molecule has 2 N–H and O–H groups in total. The maximum absolute atomic E-state index is 9.37. The topological polar surface area (TPSA) is 57.5 Å². The second-order valence-corrected chi connectivity index (χ2v) is 1.54. The van der Waals surface area contributed by atoms with Crippen molar-refractivity contribution in [3.8, 4) is 0 Å². The van der Waals surface area contributed by atoms with E-state index < -0.39 is 5.97 Å². The SMILES string of the molecule is CCC(=O)O.OCCCl. The molecule has 0 aliphatic carbocycles. The summed E-state index contributed by atoms with van der Waals surface area (Å²) in [5, 5.41) is 15.5. The molecule has 3 nitrogen and oxygen atoms in total. The lowest BCUT2D eigenvalue weighted by atomic mass is 10.5. The molecule has 0 aliphatic rings. The molecule has 0 aromatic carbocycles. The number of hydrogen-bond acceptors (Lipinski definition) is 2. The summed E-state index contributed by atoms with van der Waals surface area (Å²) in [7, 11) is 0. The number of aliphatic hydroxyl groups excluding tert-OH is 1. The van der Waals surface area contributed by atoms with Gasteiger partial charge in [-0.15, -0.1) is 11.6 Å². The fourth-order valence-electron chi connectivity index (χ4n) is 0. The van der Waals surface area contributed by atoms with Crippen molar-refractivity contribution in [3.63, 3.8) is 0 Å². The van der Waals surface area contributed by atoms with Gasteiger partial charge in [0.2, 0.25) is 0 Å². The third-order valence-corrected chi connectivity index (χ3v) is 0.556. The van der Waals surface area contributed by atoms with Gasteiger partial charge < -0.3 is 10.2 Å². The van der Waals surface area contributed by atoms with E-state index in [1.165, 1.54) is 0 Å². The van der Waals surface area contributed by atoms with Crippen molar-refractivity contribution in [1.29, 1.82) is 0 Å². The Morgan fingerprint density at radius 3 is 1.89 bits per heavy atom. The standard InChI is InChI=1S/C3H6O2.C2H5ClO/c1-2-3(4)5;3-1-2-4/h2H2,1H3,(H,4,5);4H,1-2H2. The van der Waals surface area contributed by atoms with Gasteiger partial charge in [0.25, 0.3) is 0 Å². The average Bonchev–Trinajstić information content (AvgIpc) is 1.89. The zero-order valence-electron chi connectivity index (χ0n) is 5.30. The van der Waals surface area contributed by atoms with Gasteiger partial charge in [-0.2, -0.15) is 0 Å². The summed E-state index contributed by atoms with van der Waals surface area (Å²) in [5.74, 6) is -0.398.